The fourth-order valence-electron chi connectivity index (χ4n) is 3.25. The predicted octanol–water partition coefficient (Wildman–Crippen LogP) is 0.955. The van der Waals surface area contributed by atoms with Gasteiger partial charge in [-0.05, 0) is 24.7 Å². The van der Waals surface area contributed by atoms with Crippen LogP contribution in [0.5, 0.6) is 5.75 Å². The van der Waals surface area contributed by atoms with E-state index in [9.17, 15) is 0 Å². The van der Waals surface area contributed by atoms with E-state index in [0.717, 1.165) is 31.9 Å². The molecule has 2 aliphatic rings. The minimum Gasteiger partial charge on any atom is -0.497 e. The number of ether oxygens (including phenoxy) is 1. The van der Waals surface area contributed by atoms with Crippen LogP contribution in [0.1, 0.15) is 11.6 Å². The van der Waals surface area contributed by atoms with Gasteiger partial charge in [-0.1, -0.05) is 12.1 Å². The van der Waals surface area contributed by atoms with Gasteiger partial charge in [-0.15, -0.1) is 0 Å². The van der Waals surface area contributed by atoms with Crippen molar-refractivity contribution in [3.63, 3.8) is 0 Å². The zero-order valence-electron chi connectivity index (χ0n) is 11.8. The van der Waals surface area contributed by atoms with Crippen molar-refractivity contribution in [2.24, 2.45) is 0 Å². The van der Waals surface area contributed by atoms with Crippen LogP contribution >= 0.6 is 0 Å². The SMILES string of the molecule is COc1cccc(C2CN3CCNCC3CN2C)c1. The predicted molar refractivity (Wildman–Crippen MR) is 76.6 cm³/mol. The summed E-state index contributed by atoms with van der Waals surface area (Å²) in [6.45, 7) is 5.66. The number of hydrogen-bond donors (Lipinski definition) is 1. The van der Waals surface area contributed by atoms with Crippen LogP contribution in [0.25, 0.3) is 0 Å². The molecule has 0 radical (unpaired) electrons. The van der Waals surface area contributed by atoms with Crippen molar-refractivity contribution in [3.05, 3.63) is 29.8 Å². The Morgan fingerprint density at radius 3 is 3.05 bits per heavy atom. The van der Waals surface area contributed by atoms with Crippen molar-refractivity contribution in [1.29, 1.82) is 0 Å². The van der Waals surface area contributed by atoms with Gasteiger partial charge in [0, 0.05) is 44.8 Å². The molecule has 3 rings (SSSR count). The van der Waals surface area contributed by atoms with Crippen LogP contribution in [0.15, 0.2) is 24.3 Å². The Kier molecular flexibility index (Phi) is 3.73. The van der Waals surface area contributed by atoms with Gasteiger partial charge in [0.25, 0.3) is 0 Å². The molecule has 0 spiro atoms. The second kappa shape index (κ2) is 5.49. The molecule has 0 aliphatic carbocycles. The third-order valence-electron chi connectivity index (χ3n) is 4.39. The van der Waals surface area contributed by atoms with Crippen LogP contribution in [-0.4, -0.2) is 62.7 Å². The Balaban J connectivity index is 1.79. The van der Waals surface area contributed by atoms with Crippen LogP contribution in [0.2, 0.25) is 0 Å². The fraction of sp³-hybridized carbons (Fsp3) is 0.600. The van der Waals surface area contributed by atoms with E-state index in [0.29, 0.717) is 12.1 Å². The van der Waals surface area contributed by atoms with E-state index < -0.39 is 0 Å². The van der Waals surface area contributed by atoms with Gasteiger partial charge in [0.1, 0.15) is 5.75 Å². The van der Waals surface area contributed by atoms with Gasteiger partial charge >= 0.3 is 0 Å². The number of hydrogen-bond acceptors (Lipinski definition) is 4. The van der Waals surface area contributed by atoms with E-state index in [4.69, 9.17) is 4.74 Å². The van der Waals surface area contributed by atoms with Crippen LogP contribution < -0.4 is 10.1 Å². The summed E-state index contributed by atoms with van der Waals surface area (Å²) in [5, 5.41) is 3.49. The number of fused-ring (bicyclic) bond motifs is 1. The Hall–Kier alpha value is -1.10. The summed E-state index contributed by atoms with van der Waals surface area (Å²) in [5.74, 6) is 0.952. The molecule has 0 aromatic heterocycles. The number of benzene rings is 1. The lowest BCUT2D eigenvalue weighted by Crippen LogP contribution is -2.61. The molecule has 1 aromatic carbocycles. The number of likely N-dealkylation sites (N-methyl/N-ethyl adjacent to an activating group) is 1. The highest BCUT2D eigenvalue weighted by molar-refractivity contribution is 5.31. The number of piperazine rings is 2. The maximum absolute atomic E-state index is 5.35. The minimum absolute atomic E-state index is 0.476. The first-order valence-corrected chi connectivity index (χ1v) is 7.07. The minimum atomic E-state index is 0.476. The molecule has 2 unspecified atom stereocenters. The van der Waals surface area contributed by atoms with Gasteiger partial charge < -0.3 is 10.1 Å². The Morgan fingerprint density at radius 1 is 1.32 bits per heavy atom. The van der Waals surface area contributed by atoms with E-state index in [1.165, 1.54) is 12.1 Å². The molecule has 0 amide bonds. The summed E-state index contributed by atoms with van der Waals surface area (Å²) in [4.78, 5) is 5.10. The molecule has 0 saturated carbocycles. The van der Waals surface area contributed by atoms with E-state index in [1.54, 1.807) is 7.11 Å². The Morgan fingerprint density at radius 2 is 2.21 bits per heavy atom. The van der Waals surface area contributed by atoms with Crippen LogP contribution in [0.3, 0.4) is 0 Å². The van der Waals surface area contributed by atoms with Crippen molar-refractivity contribution in [3.8, 4) is 5.75 Å². The maximum Gasteiger partial charge on any atom is 0.119 e. The maximum atomic E-state index is 5.35. The lowest BCUT2D eigenvalue weighted by molar-refractivity contribution is 0.0299. The lowest BCUT2D eigenvalue weighted by atomic mass is 9.98. The lowest BCUT2D eigenvalue weighted by Gasteiger charge is -2.47. The van der Waals surface area contributed by atoms with Crippen LogP contribution in [-0.2, 0) is 0 Å². The molecular weight excluding hydrogens is 238 g/mol. The van der Waals surface area contributed by atoms with Gasteiger partial charge in [0.2, 0.25) is 0 Å². The molecule has 0 bridgehead atoms. The second-order valence-electron chi connectivity index (χ2n) is 5.58. The summed E-state index contributed by atoms with van der Waals surface area (Å²) >= 11 is 0. The highest BCUT2D eigenvalue weighted by atomic mass is 16.5. The van der Waals surface area contributed by atoms with Crippen molar-refractivity contribution >= 4 is 0 Å². The zero-order valence-corrected chi connectivity index (χ0v) is 11.8. The summed E-state index contributed by atoms with van der Waals surface area (Å²) in [5.41, 5.74) is 1.36. The van der Waals surface area contributed by atoms with Crippen molar-refractivity contribution in [2.45, 2.75) is 12.1 Å². The number of methoxy groups -OCH3 is 1. The van der Waals surface area contributed by atoms with E-state index in [2.05, 4.69) is 40.4 Å². The zero-order chi connectivity index (χ0) is 13.2. The highest BCUT2D eigenvalue weighted by Gasteiger charge is 2.33. The molecule has 104 valence electrons. The molecule has 19 heavy (non-hydrogen) atoms. The fourth-order valence-corrected chi connectivity index (χ4v) is 3.25. The Bertz CT molecular complexity index is 437. The third-order valence-corrected chi connectivity index (χ3v) is 4.39. The van der Waals surface area contributed by atoms with Crippen molar-refractivity contribution in [2.75, 3.05) is 46.9 Å². The van der Waals surface area contributed by atoms with Gasteiger partial charge in [-0.3, -0.25) is 9.80 Å². The quantitative estimate of drug-likeness (QED) is 0.858. The van der Waals surface area contributed by atoms with E-state index >= 15 is 0 Å². The molecule has 2 atom stereocenters. The molecule has 2 saturated heterocycles. The number of nitrogens with one attached hydrogen (secondary N) is 1. The van der Waals surface area contributed by atoms with E-state index in [-0.39, 0.29) is 0 Å². The smallest absolute Gasteiger partial charge is 0.119 e. The molecule has 4 heteroatoms. The molecule has 1 N–H and O–H groups in total. The van der Waals surface area contributed by atoms with Gasteiger partial charge in [0.15, 0.2) is 0 Å². The number of nitrogens with zero attached hydrogens (tertiary/aromatic N) is 2. The molecule has 1 aromatic rings. The molecule has 2 aliphatic heterocycles. The monoisotopic (exact) mass is 261 g/mol. The molecule has 4 nitrogen and oxygen atoms in total. The second-order valence-corrected chi connectivity index (χ2v) is 5.58. The summed E-state index contributed by atoms with van der Waals surface area (Å²) in [6.07, 6.45) is 0. The molecular formula is C15H23N3O. The normalized spacial score (nSPS) is 28.9. The summed E-state index contributed by atoms with van der Waals surface area (Å²) < 4.78 is 5.35. The first-order valence-electron chi connectivity index (χ1n) is 7.07. The Labute approximate surface area is 115 Å². The number of rotatable bonds is 2. The van der Waals surface area contributed by atoms with Gasteiger partial charge in [-0.25, -0.2) is 0 Å². The third kappa shape index (κ3) is 2.61. The van der Waals surface area contributed by atoms with Gasteiger partial charge in [-0.2, -0.15) is 0 Å². The largest absolute Gasteiger partial charge is 0.497 e. The summed E-state index contributed by atoms with van der Waals surface area (Å²) in [7, 11) is 3.96. The topological polar surface area (TPSA) is 27.7 Å². The van der Waals surface area contributed by atoms with Crippen molar-refractivity contribution in [1.82, 2.24) is 15.1 Å². The van der Waals surface area contributed by atoms with E-state index in [1.807, 2.05) is 6.07 Å². The summed E-state index contributed by atoms with van der Waals surface area (Å²) in [6, 6.07) is 9.63. The van der Waals surface area contributed by atoms with Gasteiger partial charge in [0.05, 0.1) is 7.11 Å². The van der Waals surface area contributed by atoms with Crippen LogP contribution in [0, 0.1) is 0 Å². The first-order chi connectivity index (χ1) is 9.28. The van der Waals surface area contributed by atoms with Crippen LogP contribution in [0.4, 0.5) is 0 Å². The highest BCUT2D eigenvalue weighted by Crippen LogP contribution is 2.29. The molecule has 2 fully saturated rings. The first kappa shape index (κ1) is 12.9. The average Bonchev–Trinajstić information content (AvgIpc) is 2.46. The van der Waals surface area contributed by atoms with Crippen molar-refractivity contribution < 1.29 is 4.74 Å². The average molecular weight is 261 g/mol. The standard InChI is InChI=1S/C15H23N3O/c1-17-10-13-9-16-6-7-18(13)11-15(17)12-4-3-5-14(8-12)19-2/h3-5,8,13,15-16H,6-7,9-11H2,1-2H3. The molecule has 2 heterocycles.